The first-order valence-corrected chi connectivity index (χ1v) is 11.3. The lowest BCUT2D eigenvalue weighted by Gasteiger charge is -2.14. The number of rotatable bonds is 8. The van der Waals surface area contributed by atoms with Gasteiger partial charge in [0.2, 0.25) is 0 Å². The molecule has 0 aliphatic carbocycles. The average Bonchev–Trinajstić information content (AvgIpc) is 3.40. The molecule has 0 atom stereocenters. The van der Waals surface area contributed by atoms with Crippen LogP contribution in [-0.2, 0) is 13.2 Å². The van der Waals surface area contributed by atoms with Gasteiger partial charge in [0, 0.05) is 11.8 Å². The predicted molar refractivity (Wildman–Crippen MR) is 129 cm³/mol. The summed E-state index contributed by atoms with van der Waals surface area (Å²) >= 11 is 6.22. The van der Waals surface area contributed by atoms with Crippen LogP contribution in [-0.4, -0.2) is 15.7 Å². The Balaban J connectivity index is 1.40. The first-order chi connectivity index (χ1) is 16.3. The van der Waals surface area contributed by atoms with E-state index in [9.17, 15) is 9.18 Å². The number of amides is 1. The third-order valence-electron chi connectivity index (χ3n) is 5.29. The van der Waals surface area contributed by atoms with Gasteiger partial charge < -0.3 is 14.5 Å². The summed E-state index contributed by atoms with van der Waals surface area (Å²) in [5.41, 5.74) is 2.67. The zero-order valence-electron chi connectivity index (χ0n) is 19.1. The van der Waals surface area contributed by atoms with E-state index in [2.05, 4.69) is 36.4 Å². The van der Waals surface area contributed by atoms with Gasteiger partial charge in [0.25, 0.3) is 5.91 Å². The van der Waals surface area contributed by atoms with E-state index >= 15 is 0 Å². The van der Waals surface area contributed by atoms with Crippen LogP contribution in [0.15, 0.2) is 65.2 Å². The Hall–Kier alpha value is -3.58. The van der Waals surface area contributed by atoms with Crippen molar-refractivity contribution in [3.05, 3.63) is 99.8 Å². The molecule has 0 spiro atoms. The molecule has 176 valence electrons. The normalized spacial score (nSPS) is 11.1. The van der Waals surface area contributed by atoms with Crippen LogP contribution in [0.5, 0.6) is 5.75 Å². The van der Waals surface area contributed by atoms with E-state index in [4.69, 9.17) is 20.8 Å². The van der Waals surface area contributed by atoms with E-state index in [1.54, 1.807) is 30.3 Å². The van der Waals surface area contributed by atoms with Gasteiger partial charge >= 0.3 is 0 Å². The highest BCUT2D eigenvalue weighted by Crippen LogP contribution is 2.28. The number of nitrogens with one attached hydrogen (secondary N) is 1. The number of anilines is 1. The maximum atomic E-state index is 13.9. The number of nitrogens with zero attached hydrogens (tertiary/aromatic N) is 2. The fraction of sp³-hybridized carbons (Fsp3) is 0.231. The smallest absolute Gasteiger partial charge is 0.292 e. The lowest BCUT2D eigenvalue weighted by molar-refractivity contribution is 0.0992. The lowest BCUT2D eigenvalue weighted by Crippen LogP contribution is -2.12. The minimum atomic E-state index is -0.497. The van der Waals surface area contributed by atoms with Crippen molar-refractivity contribution in [1.29, 1.82) is 0 Å². The number of ether oxygens (including phenoxy) is 1. The molecular weight excluding hydrogens is 457 g/mol. The van der Waals surface area contributed by atoms with E-state index < -0.39 is 5.91 Å². The average molecular weight is 482 g/mol. The summed E-state index contributed by atoms with van der Waals surface area (Å²) in [5.74, 6) is 1.06. The van der Waals surface area contributed by atoms with Crippen LogP contribution in [0.25, 0.3) is 0 Å². The van der Waals surface area contributed by atoms with Crippen molar-refractivity contribution in [2.75, 3.05) is 5.32 Å². The predicted octanol–water partition coefficient (Wildman–Crippen LogP) is 6.58. The molecular formula is C26H25ClFN3O3. The Morgan fingerprint density at radius 2 is 2.00 bits per heavy atom. The topological polar surface area (TPSA) is 69.3 Å². The highest BCUT2D eigenvalue weighted by Gasteiger charge is 2.17. The highest BCUT2D eigenvalue weighted by molar-refractivity contribution is 6.33. The molecule has 34 heavy (non-hydrogen) atoms. The third-order valence-corrected chi connectivity index (χ3v) is 5.56. The Labute approximate surface area is 202 Å². The molecule has 0 bridgehead atoms. The molecule has 0 fully saturated rings. The Bertz CT molecular complexity index is 1310. The molecule has 0 saturated heterocycles. The number of aromatic nitrogens is 2. The summed E-state index contributed by atoms with van der Waals surface area (Å²) in [6.07, 6.45) is 1.53. The Morgan fingerprint density at radius 3 is 2.76 bits per heavy atom. The van der Waals surface area contributed by atoms with Crippen molar-refractivity contribution in [2.24, 2.45) is 0 Å². The van der Waals surface area contributed by atoms with E-state index in [1.165, 1.54) is 16.9 Å². The summed E-state index contributed by atoms with van der Waals surface area (Å²) in [6.45, 7) is 6.59. The second kappa shape index (κ2) is 10.1. The standard InChI is InChI=1S/C26H25ClFN3O3/c1-16(2)20-10-8-17(3)12-24(20)33-15-19-9-11-23(34-19)26(32)29-25-21(27)14-31(30-25)13-18-6-4-5-7-22(18)28/h4-12,14,16H,13,15H2,1-3H3,(H,29,30,32). The first kappa shape index (κ1) is 23.6. The summed E-state index contributed by atoms with van der Waals surface area (Å²) in [6, 6.07) is 15.8. The number of halogens is 2. The molecule has 0 unspecified atom stereocenters. The van der Waals surface area contributed by atoms with Gasteiger partial charge in [-0.1, -0.05) is 55.8 Å². The molecule has 0 aliphatic rings. The molecule has 4 rings (SSSR count). The van der Waals surface area contributed by atoms with Gasteiger partial charge in [-0.25, -0.2) is 4.39 Å². The van der Waals surface area contributed by atoms with Crippen molar-refractivity contribution in [3.8, 4) is 5.75 Å². The number of hydrogen-bond acceptors (Lipinski definition) is 4. The van der Waals surface area contributed by atoms with Crippen molar-refractivity contribution in [3.63, 3.8) is 0 Å². The maximum absolute atomic E-state index is 13.9. The maximum Gasteiger partial charge on any atom is 0.292 e. The molecule has 4 aromatic rings. The largest absolute Gasteiger partial charge is 0.485 e. The molecule has 0 saturated carbocycles. The second-order valence-corrected chi connectivity index (χ2v) is 8.73. The second-order valence-electron chi connectivity index (χ2n) is 8.32. The van der Waals surface area contributed by atoms with Crippen molar-refractivity contribution in [1.82, 2.24) is 9.78 Å². The van der Waals surface area contributed by atoms with Gasteiger partial charge in [0.05, 0.1) is 6.54 Å². The molecule has 8 heteroatoms. The Kier molecular flexibility index (Phi) is 7.03. The van der Waals surface area contributed by atoms with Gasteiger partial charge in [-0.05, 0) is 48.2 Å². The SMILES string of the molecule is Cc1ccc(C(C)C)c(OCc2ccc(C(=O)Nc3nn(Cc4ccccc4F)cc3Cl)o2)c1. The molecule has 1 amide bonds. The van der Waals surface area contributed by atoms with Crippen LogP contribution in [0.3, 0.4) is 0 Å². The molecule has 2 heterocycles. The summed E-state index contributed by atoms with van der Waals surface area (Å²) in [5, 5.41) is 7.12. The summed E-state index contributed by atoms with van der Waals surface area (Å²) in [4.78, 5) is 12.7. The molecule has 2 aromatic heterocycles. The fourth-order valence-electron chi connectivity index (χ4n) is 3.50. The number of carbonyl (C=O) groups is 1. The summed E-state index contributed by atoms with van der Waals surface area (Å²) < 4.78 is 27.0. The van der Waals surface area contributed by atoms with Gasteiger partial charge in [0.15, 0.2) is 11.6 Å². The van der Waals surface area contributed by atoms with Gasteiger partial charge in [-0.15, -0.1) is 0 Å². The first-order valence-electron chi connectivity index (χ1n) is 10.9. The van der Waals surface area contributed by atoms with Gasteiger partial charge in [-0.2, -0.15) is 5.10 Å². The highest BCUT2D eigenvalue weighted by atomic mass is 35.5. The van der Waals surface area contributed by atoms with Crippen molar-refractivity contribution in [2.45, 2.75) is 39.8 Å². The molecule has 2 aromatic carbocycles. The summed E-state index contributed by atoms with van der Waals surface area (Å²) in [7, 11) is 0. The van der Waals surface area contributed by atoms with E-state index in [1.807, 2.05) is 13.0 Å². The number of benzene rings is 2. The molecule has 0 aliphatic heterocycles. The monoisotopic (exact) mass is 481 g/mol. The minimum absolute atomic E-state index is 0.103. The van der Waals surface area contributed by atoms with Crippen LogP contribution < -0.4 is 10.1 Å². The van der Waals surface area contributed by atoms with E-state index in [0.29, 0.717) is 17.2 Å². The van der Waals surface area contributed by atoms with Gasteiger partial charge in [0.1, 0.15) is 29.0 Å². The van der Waals surface area contributed by atoms with Gasteiger partial charge in [-0.3, -0.25) is 9.48 Å². The number of hydrogen-bond donors (Lipinski definition) is 1. The number of aryl methyl sites for hydroxylation is 1. The van der Waals surface area contributed by atoms with E-state index in [0.717, 1.165) is 16.9 Å². The van der Waals surface area contributed by atoms with Crippen molar-refractivity contribution < 1.29 is 18.3 Å². The Morgan fingerprint density at radius 1 is 1.21 bits per heavy atom. The van der Waals surface area contributed by atoms with Crippen LogP contribution in [0, 0.1) is 12.7 Å². The van der Waals surface area contributed by atoms with Crippen LogP contribution >= 0.6 is 11.6 Å². The minimum Gasteiger partial charge on any atom is -0.485 e. The third kappa shape index (κ3) is 5.48. The van der Waals surface area contributed by atoms with E-state index in [-0.39, 0.29) is 35.6 Å². The van der Waals surface area contributed by atoms with Crippen LogP contribution in [0.2, 0.25) is 5.02 Å². The van der Waals surface area contributed by atoms with Crippen LogP contribution in [0.1, 0.15) is 52.8 Å². The number of carbonyl (C=O) groups excluding carboxylic acids is 1. The molecule has 1 N–H and O–H groups in total. The molecule has 0 radical (unpaired) electrons. The lowest BCUT2D eigenvalue weighted by atomic mass is 10.0. The number of furan rings is 1. The quantitative estimate of drug-likeness (QED) is 0.308. The zero-order chi connectivity index (χ0) is 24.2. The molecule has 6 nitrogen and oxygen atoms in total. The zero-order valence-corrected chi connectivity index (χ0v) is 19.9. The fourth-order valence-corrected chi connectivity index (χ4v) is 3.70. The van der Waals surface area contributed by atoms with Crippen molar-refractivity contribution >= 4 is 23.3 Å². The van der Waals surface area contributed by atoms with Crippen LogP contribution in [0.4, 0.5) is 10.2 Å².